The Bertz CT molecular complexity index is 1030. The SMILES string of the molecule is C#CC(=O)OC.COC(=O)c1cn(-c2ccncc2)nn1.[N-]=[N+]=Nc1ccncc1. The van der Waals surface area contributed by atoms with Gasteiger partial charge in [0.05, 0.1) is 26.1 Å². The van der Waals surface area contributed by atoms with E-state index in [4.69, 9.17) is 5.53 Å². The van der Waals surface area contributed by atoms with Crippen molar-refractivity contribution in [2.45, 2.75) is 0 Å². The number of methoxy groups -OCH3 is 2. The van der Waals surface area contributed by atoms with Gasteiger partial charge in [0, 0.05) is 41.3 Å². The number of terminal acetylenes is 1. The lowest BCUT2D eigenvalue weighted by molar-refractivity contribution is -0.133. The van der Waals surface area contributed by atoms with E-state index in [9.17, 15) is 9.59 Å². The summed E-state index contributed by atoms with van der Waals surface area (Å²) in [5, 5.41) is 10.8. The monoisotopic (exact) mass is 408 g/mol. The molecule has 0 fully saturated rings. The predicted octanol–water partition coefficient (Wildman–Crippen LogP) is 2.26. The number of hydrogen-bond donors (Lipinski definition) is 0. The van der Waals surface area contributed by atoms with Crippen LogP contribution in [-0.2, 0) is 14.3 Å². The predicted molar refractivity (Wildman–Crippen MR) is 104 cm³/mol. The molecular weight excluding hydrogens is 392 g/mol. The third kappa shape index (κ3) is 8.30. The molecule has 3 aromatic heterocycles. The highest BCUT2D eigenvalue weighted by Crippen LogP contribution is 2.07. The van der Waals surface area contributed by atoms with E-state index in [1.807, 2.05) is 0 Å². The molecule has 12 nitrogen and oxygen atoms in total. The first-order chi connectivity index (χ1) is 14.5. The van der Waals surface area contributed by atoms with Crippen LogP contribution < -0.4 is 0 Å². The third-order valence-corrected chi connectivity index (χ3v) is 2.94. The first-order valence-electron chi connectivity index (χ1n) is 7.96. The average Bonchev–Trinajstić information content (AvgIpc) is 3.31. The molecule has 0 atom stereocenters. The number of carbonyl (C=O) groups excluding carboxylic acids is 2. The summed E-state index contributed by atoms with van der Waals surface area (Å²) in [6.45, 7) is 0. The average molecular weight is 408 g/mol. The maximum Gasteiger partial charge on any atom is 0.383 e. The smallest absolute Gasteiger partial charge is 0.383 e. The van der Waals surface area contributed by atoms with Crippen molar-refractivity contribution in [3.05, 3.63) is 71.4 Å². The molecule has 0 spiro atoms. The van der Waals surface area contributed by atoms with Crippen LogP contribution in [0, 0.1) is 12.3 Å². The fourth-order valence-corrected chi connectivity index (χ4v) is 1.61. The molecule has 152 valence electrons. The van der Waals surface area contributed by atoms with Crippen molar-refractivity contribution < 1.29 is 19.1 Å². The Balaban J connectivity index is 0.000000256. The molecule has 0 aliphatic carbocycles. The number of aromatic nitrogens is 5. The summed E-state index contributed by atoms with van der Waals surface area (Å²) in [6, 6.07) is 6.80. The summed E-state index contributed by atoms with van der Waals surface area (Å²) in [6.07, 6.45) is 12.5. The van der Waals surface area contributed by atoms with Gasteiger partial charge in [0.2, 0.25) is 0 Å². The second kappa shape index (κ2) is 13.4. The lowest BCUT2D eigenvalue weighted by Crippen LogP contribution is -2.01. The van der Waals surface area contributed by atoms with Gasteiger partial charge in [-0.2, -0.15) is 0 Å². The van der Waals surface area contributed by atoms with E-state index >= 15 is 0 Å². The van der Waals surface area contributed by atoms with Crippen LogP contribution in [0.4, 0.5) is 5.69 Å². The van der Waals surface area contributed by atoms with Gasteiger partial charge in [-0.25, -0.2) is 14.3 Å². The highest BCUT2D eigenvalue weighted by molar-refractivity contribution is 5.87. The highest BCUT2D eigenvalue weighted by Gasteiger charge is 2.10. The van der Waals surface area contributed by atoms with Crippen molar-refractivity contribution in [3.8, 4) is 18.0 Å². The Kier molecular flexibility index (Phi) is 10.4. The molecule has 3 heterocycles. The van der Waals surface area contributed by atoms with Crippen LogP contribution in [0.5, 0.6) is 0 Å². The first-order valence-corrected chi connectivity index (χ1v) is 7.96. The van der Waals surface area contributed by atoms with Gasteiger partial charge in [-0.3, -0.25) is 9.97 Å². The van der Waals surface area contributed by atoms with E-state index in [1.165, 1.54) is 25.1 Å². The maximum absolute atomic E-state index is 11.1. The van der Waals surface area contributed by atoms with Gasteiger partial charge in [-0.15, -0.1) is 11.5 Å². The molecule has 0 aromatic carbocycles. The molecule has 0 N–H and O–H groups in total. The van der Waals surface area contributed by atoms with Gasteiger partial charge in [0.1, 0.15) is 0 Å². The zero-order valence-corrected chi connectivity index (χ0v) is 16.0. The number of esters is 2. The van der Waals surface area contributed by atoms with Crippen LogP contribution >= 0.6 is 0 Å². The fraction of sp³-hybridized carbons (Fsp3) is 0.111. The number of rotatable bonds is 3. The fourth-order valence-electron chi connectivity index (χ4n) is 1.61. The summed E-state index contributed by atoms with van der Waals surface area (Å²) in [5.74, 6) is 0.619. The van der Waals surface area contributed by atoms with E-state index in [0.29, 0.717) is 5.69 Å². The van der Waals surface area contributed by atoms with E-state index in [2.05, 4.69) is 46.2 Å². The molecule has 0 aliphatic rings. The third-order valence-electron chi connectivity index (χ3n) is 2.94. The second-order valence-electron chi connectivity index (χ2n) is 4.78. The molecule has 3 rings (SSSR count). The van der Waals surface area contributed by atoms with Crippen LogP contribution in [0.2, 0.25) is 0 Å². The Morgan fingerprint density at radius 2 is 1.70 bits per heavy atom. The van der Waals surface area contributed by atoms with Crippen LogP contribution in [0.3, 0.4) is 0 Å². The second-order valence-corrected chi connectivity index (χ2v) is 4.78. The van der Waals surface area contributed by atoms with Gasteiger partial charge < -0.3 is 9.47 Å². The van der Waals surface area contributed by atoms with E-state index in [0.717, 1.165) is 5.69 Å². The molecule has 3 aromatic rings. The highest BCUT2D eigenvalue weighted by atomic mass is 16.5. The Morgan fingerprint density at radius 3 is 2.17 bits per heavy atom. The molecule has 0 amide bonds. The van der Waals surface area contributed by atoms with Crippen molar-refractivity contribution in [1.82, 2.24) is 25.0 Å². The lowest BCUT2D eigenvalue weighted by atomic mass is 10.4. The van der Waals surface area contributed by atoms with E-state index in [1.54, 1.807) is 55.0 Å². The number of hydrogen-bond acceptors (Lipinski definition) is 9. The summed E-state index contributed by atoms with van der Waals surface area (Å²) in [4.78, 5) is 31.1. The lowest BCUT2D eigenvalue weighted by Gasteiger charge is -1.96. The zero-order valence-electron chi connectivity index (χ0n) is 16.0. The molecule has 0 radical (unpaired) electrons. The van der Waals surface area contributed by atoms with E-state index < -0.39 is 11.9 Å². The van der Waals surface area contributed by atoms with Gasteiger partial charge >= 0.3 is 11.9 Å². The molecule has 30 heavy (non-hydrogen) atoms. The van der Waals surface area contributed by atoms with Crippen molar-refractivity contribution in [2.75, 3.05) is 14.2 Å². The van der Waals surface area contributed by atoms with Gasteiger partial charge in [-0.05, 0) is 29.8 Å². The number of ether oxygens (including phenoxy) is 2. The molecular formula is C18H16N8O4. The molecule has 0 saturated carbocycles. The first kappa shape index (κ1) is 23.3. The molecule has 0 aliphatic heterocycles. The van der Waals surface area contributed by atoms with Gasteiger partial charge in [0.15, 0.2) is 5.69 Å². The van der Waals surface area contributed by atoms with Crippen LogP contribution in [0.15, 0.2) is 60.4 Å². The largest absolute Gasteiger partial charge is 0.464 e. The number of pyridine rings is 2. The van der Waals surface area contributed by atoms with Gasteiger partial charge in [-0.1, -0.05) is 10.3 Å². The normalized spacial score (nSPS) is 8.57. The minimum atomic E-state index is -0.630. The topological polar surface area (TPSA) is 158 Å². The zero-order chi connectivity index (χ0) is 22.2. The molecule has 12 heteroatoms. The molecule has 0 unspecified atom stereocenters. The summed E-state index contributed by atoms with van der Waals surface area (Å²) >= 11 is 0. The Labute approximate surface area is 171 Å². The minimum absolute atomic E-state index is 0.175. The molecule has 0 bridgehead atoms. The Morgan fingerprint density at radius 1 is 1.10 bits per heavy atom. The minimum Gasteiger partial charge on any atom is -0.464 e. The van der Waals surface area contributed by atoms with Gasteiger partial charge in [0.25, 0.3) is 0 Å². The van der Waals surface area contributed by atoms with Crippen molar-refractivity contribution in [2.24, 2.45) is 5.11 Å². The Hall–Kier alpha value is -4.75. The van der Waals surface area contributed by atoms with Crippen molar-refractivity contribution in [1.29, 1.82) is 0 Å². The number of nitrogens with zero attached hydrogens (tertiary/aromatic N) is 8. The number of azide groups is 1. The summed E-state index contributed by atoms with van der Waals surface area (Å²) in [7, 11) is 2.54. The van der Waals surface area contributed by atoms with Crippen LogP contribution in [0.25, 0.3) is 16.1 Å². The van der Waals surface area contributed by atoms with Crippen molar-refractivity contribution in [3.63, 3.8) is 0 Å². The van der Waals surface area contributed by atoms with Crippen LogP contribution in [0.1, 0.15) is 10.5 Å². The molecule has 0 saturated heterocycles. The quantitative estimate of drug-likeness (QED) is 0.159. The van der Waals surface area contributed by atoms with Crippen LogP contribution in [-0.4, -0.2) is 51.1 Å². The summed E-state index contributed by atoms with van der Waals surface area (Å²) in [5.41, 5.74) is 9.51. The number of carbonyl (C=O) groups is 2. The maximum atomic E-state index is 11.1. The van der Waals surface area contributed by atoms with Crippen molar-refractivity contribution >= 4 is 17.6 Å². The standard InChI is InChI=1S/C9H8N4O2.C5H4N4.C4H4O2/c1-15-9(14)8-6-13(12-11-8)7-2-4-10-5-3-7;6-9-8-5-1-3-7-4-2-5;1-3-4(5)6-2/h2-6H,1H3;1-4H;1H,2H3. The summed E-state index contributed by atoms with van der Waals surface area (Å²) < 4.78 is 10.0. The van der Waals surface area contributed by atoms with E-state index in [-0.39, 0.29) is 5.69 Å².